The first-order chi connectivity index (χ1) is 23.3. The number of fused-ring (bicyclic) bond motifs is 1. The fourth-order valence-corrected chi connectivity index (χ4v) is 5.86. The minimum Gasteiger partial charge on any atom is -0.489 e. The van der Waals surface area contributed by atoms with Gasteiger partial charge < -0.3 is 25.2 Å². The molecule has 0 saturated carbocycles. The quantitative estimate of drug-likeness (QED) is 0.234. The number of likely N-dealkylation sites (N-methyl/N-ethyl adjacent to an activating group) is 1. The first kappa shape index (κ1) is 35.4. The van der Waals surface area contributed by atoms with E-state index in [1.807, 2.05) is 20.8 Å². The summed E-state index contributed by atoms with van der Waals surface area (Å²) < 4.78 is 35.2. The maximum atomic E-state index is 14.5. The average Bonchev–Trinajstić information content (AvgIpc) is 3.69. The van der Waals surface area contributed by atoms with Gasteiger partial charge in [0.25, 0.3) is 5.91 Å². The van der Waals surface area contributed by atoms with Crippen LogP contribution in [0.5, 0.6) is 5.75 Å². The van der Waals surface area contributed by atoms with E-state index >= 15 is 0 Å². The van der Waals surface area contributed by atoms with Crippen molar-refractivity contribution >= 4 is 23.5 Å². The summed E-state index contributed by atoms with van der Waals surface area (Å²) in [6.45, 7) is 7.93. The number of nitrogens with zero attached hydrogens (tertiary/aromatic N) is 5. The van der Waals surface area contributed by atoms with Crippen LogP contribution in [0.1, 0.15) is 50.2 Å². The van der Waals surface area contributed by atoms with Crippen LogP contribution >= 0.6 is 0 Å². The minimum absolute atomic E-state index is 0.133. The fourth-order valence-electron chi connectivity index (χ4n) is 5.86. The molecule has 0 bridgehead atoms. The van der Waals surface area contributed by atoms with Crippen molar-refractivity contribution in [1.82, 2.24) is 34.8 Å². The molecule has 0 spiro atoms. The molecule has 49 heavy (non-hydrogen) atoms. The van der Waals surface area contributed by atoms with Gasteiger partial charge in [-0.15, -0.1) is 0 Å². The molecule has 3 heterocycles. The van der Waals surface area contributed by atoms with E-state index in [4.69, 9.17) is 4.74 Å². The molecule has 0 unspecified atom stereocenters. The third kappa shape index (κ3) is 8.77. The molecule has 2 N–H and O–H groups in total. The second kappa shape index (κ2) is 15.1. The Morgan fingerprint density at radius 2 is 1.73 bits per heavy atom. The lowest BCUT2D eigenvalue weighted by atomic mass is 9.85. The molecule has 1 aliphatic rings. The van der Waals surface area contributed by atoms with Crippen molar-refractivity contribution in [1.29, 1.82) is 0 Å². The molecule has 2 aromatic carbocycles. The molecular weight excluding hydrogens is 632 g/mol. The number of amides is 3. The molecule has 0 radical (unpaired) electrons. The molecular formula is C36H43F2N7O4. The Hall–Kier alpha value is -4.91. The van der Waals surface area contributed by atoms with Gasteiger partial charge in [0.15, 0.2) is 0 Å². The average molecular weight is 676 g/mol. The van der Waals surface area contributed by atoms with Crippen molar-refractivity contribution in [3.8, 4) is 5.75 Å². The van der Waals surface area contributed by atoms with Gasteiger partial charge in [-0.2, -0.15) is 0 Å². The second-order valence-corrected chi connectivity index (χ2v) is 13.5. The van der Waals surface area contributed by atoms with Crippen LogP contribution in [0.15, 0.2) is 73.2 Å². The Morgan fingerprint density at radius 3 is 2.37 bits per heavy atom. The van der Waals surface area contributed by atoms with Gasteiger partial charge in [-0.3, -0.25) is 18.8 Å². The molecule has 4 aromatic rings. The van der Waals surface area contributed by atoms with E-state index in [9.17, 15) is 23.2 Å². The van der Waals surface area contributed by atoms with Crippen LogP contribution in [0.25, 0.3) is 5.78 Å². The number of imidazole rings is 1. The number of hydrogen-bond donors (Lipinski definition) is 2. The zero-order valence-corrected chi connectivity index (χ0v) is 28.4. The first-order valence-corrected chi connectivity index (χ1v) is 16.4. The summed E-state index contributed by atoms with van der Waals surface area (Å²) >= 11 is 0. The van der Waals surface area contributed by atoms with Crippen LogP contribution in [0, 0.1) is 17.0 Å². The van der Waals surface area contributed by atoms with Crippen LogP contribution in [0.3, 0.4) is 0 Å². The van der Waals surface area contributed by atoms with Gasteiger partial charge in [0.1, 0.15) is 35.2 Å². The van der Waals surface area contributed by atoms with E-state index in [-0.39, 0.29) is 48.9 Å². The van der Waals surface area contributed by atoms with Crippen LogP contribution in [-0.4, -0.2) is 92.8 Å². The summed E-state index contributed by atoms with van der Waals surface area (Å²) in [5.41, 5.74) is 0.373. The van der Waals surface area contributed by atoms with Gasteiger partial charge >= 0.3 is 0 Å². The number of nitrogens with one attached hydrogen (secondary N) is 2. The predicted molar refractivity (Wildman–Crippen MR) is 180 cm³/mol. The van der Waals surface area contributed by atoms with Gasteiger partial charge in [-0.05, 0) is 73.8 Å². The number of rotatable bonds is 12. The molecule has 5 rings (SSSR count). The van der Waals surface area contributed by atoms with Crippen LogP contribution in [0.2, 0.25) is 0 Å². The lowest BCUT2D eigenvalue weighted by Crippen LogP contribution is -2.59. The minimum atomic E-state index is -0.879. The zero-order valence-electron chi connectivity index (χ0n) is 28.4. The second-order valence-electron chi connectivity index (χ2n) is 13.5. The summed E-state index contributed by atoms with van der Waals surface area (Å²) in [7, 11) is 1.67. The summed E-state index contributed by atoms with van der Waals surface area (Å²) in [4.78, 5) is 53.6. The van der Waals surface area contributed by atoms with E-state index in [1.54, 1.807) is 65.0 Å². The molecule has 1 fully saturated rings. The molecule has 4 atom stereocenters. The number of halogens is 2. The SMILES string of the molecule is CN[C@@H](C)C(=O)N[C@H](C(=O)N1C[C@@H](Oc2ccc(F)cc2)C[C@H]1CN(CCc1ccc(F)cc1)C(=O)c1cn2cccnc2n1)C(C)(C)C. The van der Waals surface area contributed by atoms with Crippen molar-refractivity contribution in [3.05, 3.63) is 96.1 Å². The van der Waals surface area contributed by atoms with Crippen molar-refractivity contribution in [2.75, 3.05) is 26.7 Å². The van der Waals surface area contributed by atoms with E-state index in [2.05, 4.69) is 20.6 Å². The third-order valence-electron chi connectivity index (χ3n) is 8.76. The Morgan fingerprint density at radius 1 is 1.06 bits per heavy atom. The van der Waals surface area contributed by atoms with Gasteiger partial charge in [0.2, 0.25) is 17.6 Å². The summed E-state index contributed by atoms with van der Waals surface area (Å²) in [5.74, 6) is -0.911. The fraction of sp³-hybridized carbons (Fsp3) is 0.417. The molecule has 11 nitrogen and oxygen atoms in total. The molecule has 13 heteroatoms. The number of ether oxygens (including phenoxy) is 1. The Balaban J connectivity index is 1.46. The topological polar surface area (TPSA) is 121 Å². The molecule has 260 valence electrons. The number of benzene rings is 2. The Kier molecular flexibility index (Phi) is 10.9. The van der Waals surface area contributed by atoms with E-state index in [0.29, 0.717) is 24.4 Å². The number of hydrogen-bond acceptors (Lipinski definition) is 7. The van der Waals surface area contributed by atoms with Crippen LogP contribution in [0.4, 0.5) is 8.78 Å². The summed E-state index contributed by atoms with van der Waals surface area (Å²) in [6.07, 6.45) is 5.28. The molecule has 3 amide bonds. The van der Waals surface area contributed by atoms with Crippen molar-refractivity contribution in [3.63, 3.8) is 0 Å². The lowest BCUT2D eigenvalue weighted by molar-refractivity contribution is -0.141. The highest BCUT2D eigenvalue weighted by molar-refractivity contribution is 5.93. The van der Waals surface area contributed by atoms with E-state index < -0.39 is 35.5 Å². The van der Waals surface area contributed by atoms with Crippen LogP contribution in [-0.2, 0) is 16.0 Å². The maximum absolute atomic E-state index is 14.5. The Labute approximate surface area is 284 Å². The van der Waals surface area contributed by atoms with Gasteiger partial charge in [-0.1, -0.05) is 32.9 Å². The third-order valence-corrected chi connectivity index (χ3v) is 8.76. The predicted octanol–water partition coefficient (Wildman–Crippen LogP) is 3.88. The van der Waals surface area contributed by atoms with Crippen molar-refractivity contribution in [2.24, 2.45) is 5.41 Å². The first-order valence-electron chi connectivity index (χ1n) is 16.4. The largest absolute Gasteiger partial charge is 0.489 e. The summed E-state index contributed by atoms with van der Waals surface area (Å²) in [5, 5.41) is 5.85. The molecule has 1 saturated heterocycles. The summed E-state index contributed by atoms with van der Waals surface area (Å²) in [6, 6.07) is 11.6. The normalized spacial score (nSPS) is 17.5. The molecule has 0 aliphatic carbocycles. The molecule has 1 aliphatic heterocycles. The van der Waals surface area contributed by atoms with Crippen molar-refractivity contribution < 1.29 is 27.9 Å². The number of likely N-dealkylation sites (tertiary alicyclic amines) is 1. The van der Waals surface area contributed by atoms with E-state index in [0.717, 1.165) is 5.56 Å². The number of carbonyl (C=O) groups excluding carboxylic acids is 3. The van der Waals surface area contributed by atoms with Gasteiger partial charge in [0.05, 0.1) is 18.6 Å². The smallest absolute Gasteiger partial charge is 0.274 e. The molecule has 2 aromatic heterocycles. The zero-order chi connectivity index (χ0) is 35.3. The lowest BCUT2D eigenvalue weighted by Gasteiger charge is -2.37. The Bertz CT molecular complexity index is 1720. The van der Waals surface area contributed by atoms with Crippen molar-refractivity contribution in [2.45, 2.75) is 64.8 Å². The van der Waals surface area contributed by atoms with Gasteiger partial charge in [0, 0.05) is 38.1 Å². The number of carbonyl (C=O) groups is 3. The highest BCUT2D eigenvalue weighted by Gasteiger charge is 2.44. The van der Waals surface area contributed by atoms with Gasteiger partial charge in [-0.25, -0.2) is 18.7 Å². The van der Waals surface area contributed by atoms with E-state index in [1.165, 1.54) is 36.4 Å². The van der Waals surface area contributed by atoms with Crippen LogP contribution < -0.4 is 15.4 Å². The highest BCUT2D eigenvalue weighted by Crippen LogP contribution is 2.29. The highest BCUT2D eigenvalue weighted by atomic mass is 19.1. The monoisotopic (exact) mass is 675 g/mol. The standard InChI is InChI=1S/C36H43F2N7O4/c1-23(39-5)32(46)42-31(36(2,3)4)34(48)45-21-29(49-28-13-11-26(38)12-14-28)19-27(45)20-43(18-15-24-7-9-25(37)10-8-24)33(47)30-22-44-17-6-16-40-35(44)41-30/h6-14,16-17,22-23,27,29,31,39H,15,18-21H2,1-5H3,(H,42,46)/t23-,27-,29-,31+/m0/s1. The maximum Gasteiger partial charge on any atom is 0.274 e. The number of aromatic nitrogens is 3.